The molecule has 0 atom stereocenters. The van der Waals surface area contributed by atoms with Crippen molar-refractivity contribution in [3.63, 3.8) is 0 Å². The molecule has 178 valence electrons. The summed E-state index contributed by atoms with van der Waals surface area (Å²) in [6.07, 6.45) is 0. The van der Waals surface area contributed by atoms with E-state index in [0.29, 0.717) is 17.3 Å². The van der Waals surface area contributed by atoms with Crippen LogP contribution in [0.1, 0.15) is 41.5 Å². The van der Waals surface area contributed by atoms with Crippen LogP contribution in [-0.4, -0.2) is 69.9 Å². The number of hydrogen-bond acceptors (Lipinski definition) is 6. The van der Waals surface area contributed by atoms with Crippen molar-refractivity contribution in [2.24, 2.45) is 0 Å². The summed E-state index contributed by atoms with van der Waals surface area (Å²) >= 11 is 0. The van der Waals surface area contributed by atoms with Crippen molar-refractivity contribution in [1.82, 2.24) is 13.7 Å². The van der Waals surface area contributed by atoms with Crippen LogP contribution in [0.3, 0.4) is 0 Å². The molecular formula is C20H39N3O6Si2. The zero-order chi connectivity index (χ0) is 25.3. The van der Waals surface area contributed by atoms with Crippen molar-refractivity contribution in [3.05, 3.63) is 37.0 Å². The Balaban J connectivity index is 0. The molecule has 0 aromatic rings. The predicted octanol–water partition coefficient (Wildman–Crippen LogP) is 3.20. The molecule has 0 radical (unpaired) electrons. The number of amides is 3. The van der Waals surface area contributed by atoms with E-state index in [-0.39, 0.29) is 17.7 Å². The van der Waals surface area contributed by atoms with E-state index in [2.05, 4.69) is 19.7 Å². The quantitative estimate of drug-likeness (QED) is 0.377. The maximum Gasteiger partial charge on any atom is 0.695 e. The molecule has 0 unspecified atom stereocenters. The number of rotatable bonds is 9. The monoisotopic (exact) mass is 473 g/mol. The van der Waals surface area contributed by atoms with E-state index >= 15 is 0 Å². The summed E-state index contributed by atoms with van der Waals surface area (Å²) < 4.78 is 20.8. The number of carbonyl (C=O) groups is 3. The van der Waals surface area contributed by atoms with Gasteiger partial charge < -0.3 is 27.0 Å². The Kier molecular flexibility index (Phi) is 12.2. The molecule has 0 aromatic heterocycles. The van der Waals surface area contributed by atoms with Crippen LogP contribution in [0.5, 0.6) is 0 Å². The van der Waals surface area contributed by atoms with Crippen molar-refractivity contribution in [3.8, 4) is 0 Å². The van der Waals surface area contributed by atoms with Crippen molar-refractivity contribution in [2.45, 2.75) is 54.6 Å². The first-order valence-corrected chi connectivity index (χ1v) is 14.1. The van der Waals surface area contributed by atoms with Crippen molar-refractivity contribution >= 4 is 35.1 Å². The maximum atomic E-state index is 11.5. The highest BCUT2D eigenvalue weighted by molar-refractivity contribution is 6.76. The van der Waals surface area contributed by atoms with Gasteiger partial charge >= 0.3 is 17.4 Å². The lowest BCUT2D eigenvalue weighted by atomic mass is 10.7. The summed E-state index contributed by atoms with van der Waals surface area (Å²) in [6.45, 7) is 24.0. The molecule has 0 fully saturated rings. The second kappa shape index (κ2) is 12.3. The number of nitrogens with zero attached hydrogens (tertiary/aromatic N) is 3. The number of carbonyl (C=O) groups excluding carboxylic acids is 3. The third-order valence-corrected chi connectivity index (χ3v) is 11.3. The first-order valence-electron chi connectivity index (χ1n) is 9.58. The Morgan fingerprint density at radius 1 is 0.581 bits per heavy atom. The normalized spacial score (nSPS) is 10.5. The lowest BCUT2D eigenvalue weighted by molar-refractivity contribution is -0.128. The number of allylic oxidation sites excluding steroid dienone is 3. The summed E-state index contributed by atoms with van der Waals surface area (Å²) in [7, 11) is -0.679. The van der Waals surface area contributed by atoms with E-state index < -0.39 is 17.4 Å². The second-order valence-electron chi connectivity index (χ2n) is 7.48. The van der Waals surface area contributed by atoms with Gasteiger partial charge in [0.2, 0.25) is 17.7 Å². The third-order valence-electron chi connectivity index (χ3n) is 4.40. The van der Waals surface area contributed by atoms with Gasteiger partial charge in [0, 0.05) is 48.5 Å². The highest BCUT2D eigenvalue weighted by atomic mass is 28.4. The molecule has 9 nitrogen and oxygen atoms in total. The molecule has 0 rings (SSSR count). The zero-order valence-corrected chi connectivity index (χ0v) is 22.9. The maximum absolute atomic E-state index is 11.5. The zero-order valence-electron chi connectivity index (χ0n) is 20.9. The van der Waals surface area contributed by atoms with Crippen molar-refractivity contribution in [2.75, 3.05) is 21.1 Å². The summed E-state index contributed by atoms with van der Waals surface area (Å²) in [5, 5.41) is 0. The van der Waals surface area contributed by atoms with E-state index in [4.69, 9.17) is 13.3 Å². The molecule has 0 aliphatic rings. The SMILES string of the molecule is C=C(C)O[Si](C)(OC(=C)C)OC(=C)C.CC(=O)N(C)[Si](C)(N(C)C(C)=O)N(C)C(C)=O. The van der Waals surface area contributed by atoms with Crippen LogP contribution in [0.2, 0.25) is 13.1 Å². The van der Waals surface area contributed by atoms with Gasteiger partial charge in [0.1, 0.15) is 0 Å². The Bertz CT molecular complexity index is 635. The molecule has 0 saturated carbocycles. The van der Waals surface area contributed by atoms with Crippen LogP contribution in [0.25, 0.3) is 0 Å². The molecule has 0 aliphatic heterocycles. The largest absolute Gasteiger partial charge is 0.695 e. The van der Waals surface area contributed by atoms with E-state index in [1.807, 2.05) is 0 Å². The lowest BCUT2D eigenvalue weighted by Crippen LogP contribution is -2.73. The highest BCUT2D eigenvalue weighted by Crippen LogP contribution is 2.19. The highest BCUT2D eigenvalue weighted by Gasteiger charge is 2.47. The Morgan fingerprint density at radius 3 is 0.903 bits per heavy atom. The predicted molar refractivity (Wildman–Crippen MR) is 126 cm³/mol. The van der Waals surface area contributed by atoms with Gasteiger partial charge in [-0.1, -0.05) is 19.7 Å². The first kappa shape index (κ1) is 30.7. The Morgan fingerprint density at radius 2 is 0.774 bits per heavy atom. The van der Waals surface area contributed by atoms with Crippen LogP contribution in [0.15, 0.2) is 37.0 Å². The van der Waals surface area contributed by atoms with Gasteiger partial charge in [0.05, 0.1) is 17.3 Å². The molecule has 0 saturated heterocycles. The van der Waals surface area contributed by atoms with Crippen LogP contribution in [0.4, 0.5) is 0 Å². The smallest absolute Gasteiger partial charge is 0.488 e. The standard InChI is InChI=1S/C10H21N3O3Si.C10H18O3Si/c1-8(14)11(4)17(7,12(5)9(2)15)13(6)10(3)16;1-8(2)11-14(7,12-9(3)4)13-10(5)6/h1-7H3;1,3,5H2,2,4,6-7H3. The average molecular weight is 474 g/mol. The molecule has 3 amide bonds. The van der Waals surface area contributed by atoms with Gasteiger partial charge in [-0.05, 0) is 27.3 Å². The second-order valence-corrected chi connectivity index (χ2v) is 13.8. The molecule has 11 heteroatoms. The molecule has 0 spiro atoms. The summed E-state index contributed by atoms with van der Waals surface area (Å²) in [5.41, 5.74) is 0. The fourth-order valence-corrected chi connectivity index (χ4v) is 7.75. The van der Waals surface area contributed by atoms with E-state index in [9.17, 15) is 14.4 Å². The van der Waals surface area contributed by atoms with Crippen molar-refractivity contribution in [1.29, 1.82) is 0 Å². The van der Waals surface area contributed by atoms with E-state index in [1.54, 1.807) is 55.0 Å². The van der Waals surface area contributed by atoms with Crippen LogP contribution < -0.4 is 0 Å². The minimum atomic E-state index is -2.80. The van der Waals surface area contributed by atoms with E-state index in [0.717, 1.165) is 0 Å². The van der Waals surface area contributed by atoms with Gasteiger partial charge in [-0.3, -0.25) is 14.4 Å². The summed E-state index contributed by atoms with van der Waals surface area (Å²) in [4.78, 5) is 34.6. The molecule has 0 heterocycles. The fraction of sp³-hybridized carbons (Fsp3) is 0.550. The van der Waals surface area contributed by atoms with Gasteiger partial charge in [-0.2, -0.15) is 0 Å². The fourth-order valence-electron chi connectivity index (χ4n) is 2.58. The molecule has 31 heavy (non-hydrogen) atoms. The van der Waals surface area contributed by atoms with Crippen LogP contribution in [0, 0.1) is 0 Å². The topological polar surface area (TPSA) is 88.6 Å². The summed E-state index contributed by atoms with van der Waals surface area (Å²) in [5.74, 6) is 1.17. The number of hydrogen-bond donors (Lipinski definition) is 0. The minimum Gasteiger partial charge on any atom is -0.488 e. The van der Waals surface area contributed by atoms with Gasteiger partial charge in [0.25, 0.3) is 0 Å². The van der Waals surface area contributed by atoms with Crippen molar-refractivity contribution < 1.29 is 27.7 Å². The van der Waals surface area contributed by atoms with Crippen LogP contribution in [-0.2, 0) is 27.7 Å². The molecule has 0 aromatic carbocycles. The van der Waals surface area contributed by atoms with Gasteiger partial charge in [0.15, 0.2) is 0 Å². The Hall–Kier alpha value is -2.54. The summed E-state index contributed by atoms with van der Waals surface area (Å²) in [6, 6.07) is 0. The molecule has 0 aliphatic carbocycles. The molecule has 0 bridgehead atoms. The minimum absolute atomic E-state index is 0.166. The Labute approximate surface area is 189 Å². The third kappa shape index (κ3) is 9.88. The molecule has 0 N–H and O–H groups in total. The lowest BCUT2D eigenvalue weighted by Gasteiger charge is -2.46. The van der Waals surface area contributed by atoms with Gasteiger partial charge in [-0.25, -0.2) is 0 Å². The molecular weight excluding hydrogens is 434 g/mol. The first-order chi connectivity index (χ1) is 13.8. The van der Waals surface area contributed by atoms with Gasteiger partial charge in [-0.15, -0.1) is 0 Å². The average Bonchev–Trinajstić information content (AvgIpc) is 2.56. The van der Waals surface area contributed by atoms with E-state index in [1.165, 1.54) is 34.5 Å². The van der Waals surface area contributed by atoms with Crippen LogP contribution >= 0.6 is 0 Å².